The number of rotatable bonds is 5. The van der Waals surface area contributed by atoms with Crippen LogP contribution < -0.4 is 5.32 Å². The van der Waals surface area contributed by atoms with Crippen molar-refractivity contribution in [3.05, 3.63) is 23.7 Å². The molecule has 1 aromatic rings. The minimum Gasteiger partial charge on any atom is -0.468 e. The number of nitrogens with zero attached hydrogens (tertiary/aromatic N) is 2. The van der Waals surface area contributed by atoms with Gasteiger partial charge in [0.15, 0.2) is 0 Å². The number of nitrogens with one attached hydrogen (secondary N) is 1. The van der Waals surface area contributed by atoms with E-state index in [2.05, 4.69) is 63.0 Å². The van der Waals surface area contributed by atoms with Gasteiger partial charge in [-0.1, -0.05) is 6.92 Å². The molecule has 1 aliphatic heterocycles. The molecule has 120 valence electrons. The van der Waals surface area contributed by atoms with Gasteiger partial charge in [0, 0.05) is 36.8 Å². The first kappa shape index (κ1) is 16.5. The molecule has 0 aromatic carbocycles. The van der Waals surface area contributed by atoms with Crippen LogP contribution in [0, 0.1) is 5.92 Å². The van der Waals surface area contributed by atoms with Crippen molar-refractivity contribution in [1.82, 2.24) is 15.1 Å². The molecule has 0 saturated carbocycles. The minimum absolute atomic E-state index is 0.132. The second kappa shape index (κ2) is 6.51. The normalized spacial score (nSPS) is 24.1. The largest absolute Gasteiger partial charge is 0.468 e. The minimum atomic E-state index is 0.132. The summed E-state index contributed by atoms with van der Waals surface area (Å²) in [5.41, 5.74) is 1.41. The lowest BCUT2D eigenvalue weighted by Gasteiger charge is -2.23. The number of likely N-dealkylation sites (N-methyl/N-ethyl adjacent to an activating group) is 1. The van der Waals surface area contributed by atoms with Crippen molar-refractivity contribution >= 4 is 0 Å². The second-order valence-corrected chi connectivity index (χ2v) is 7.67. The molecule has 21 heavy (non-hydrogen) atoms. The van der Waals surface area contributed by atoms with Crippen LogP contribution in [0.4, 0.5) is 0 Å². The lowest BCUT2D eigenvalue weighted by molar-refractivity contribution is 0.243. The summed E-state index contributed by atoms with van der Waals surface area (Å²) in [6.45, 7) is 13.0. The van der Waals surface area contributed by atoms with Crippen molar-refractivity contribution in [1.29, 1.82) is 0 Å². The third-order valence-corrected chi connectivity index (χ3v) is 4.33. The third kappa shape index (κ3) is 4.56. The van der Waals surface area contributed by atoms with Crippen molar-refractivity contribution in [2.24, 2.45) is 5.92 Å². The summed E-state index contributed by atoms with van der Waals surface area (Å²) in [5, 5.41) is 3.54. The summed E-state index contributed by atoms with van der Waals surface area (Å²) in [6.07, 6.45) is 1.82. The SMILES string of the molecule is CC1CN(Cc2occc2CNC(C)(C)C)CC1N(C)C. The predicted molar refractivity (Wildman–Crippen MR) is 87.2 cm³/mol. The number of likely N-dealkylation sites (tertiary alicyclic amines) is 1. The van der Waals surface area contributed by atoms with E-state index in [0.29, 0.717) is 12.0 Å². The summed E-state index contributed by atoms with van der Waals surface area (Å²) >= 11 is 0. The van der Waals surface area contributed by atoms with Gasteiger partial charge < -0.3 is 14.6 Å². The van der Waals surface area contributed by atoms with E-state index in [-0.39, 0.29) is 5.54 Å². The number of hydrogen-bond donors (Lipinski definition) is 1. The van der Waals surface area contributed by atoms with Crippen LogP contribution in [0.15, 0.2) is 16.7 Å². The molecule has 0 spiro atoms. The summed E-state index contributed by atoms with van der Waals surface area (Å²) in [4.78, 5) is 4.85. The van der Waals surface area contributed by atoms with E-state index in [1.807, 2.05) is 6.26 Å². The molecular weight excluding hydrogens is 262 g/mol. The van der Waals surface area contributed by atoms with Crippen LogP contribution >= 0.6 is 0 Å². The molecule has 0 radical (unpaired) electrons. The molecule has 1 aliphatic rings. The first-order valence-corrected chi connectivity index (χ1v) is 7.95. The molecular formula is C17H31N3O. The molecule has 1 fully saturated rings. The van der Waals surface area contributed by atoms with Gasteiger partial charge in [0.1, 0.15) is 5.76 Å². The fourth-order valence-corrected chi connectivity index (χ4v) is 3.08. The van der Waals surface area contributed by atoms with Crippen LogP contribution in [0.3, 0.4) is 0 Å². The van der Waals surface area contributed by atoms with Crippen LogP contribution in [-0.4, -0.2) is 48.6 Å². The maximum Gasteiger partial charge on any atom is 0.122 e. The van der Waals surface area contributed by atoms with E-state index in [1.165, 1.54) is 5.56 Å². The Labute approximate surface area is 129 Å². The molecule has 0 amide bonds. The number of furan rings is 1. The quantitative estimate of drug-likeness (QED) is 0.904. The van der Waals surface area contributed by atoms with E-state index in [4.69, 9.17) is 4.42 Å². The maximum absolute atomic E-state index is 5.73. The van der Waals surface area contributed by atoms with E-state index >= 15 is 0 Å². The molecule has 2 unspecified atom stereocenters. The average molecular weight is 293 g/mol. The molecule has 2 rings (SSSR count). The van der Waals surface area contributed by atoms with Gasteiger partial charge in [-0.15, -0.1) is 0 Å². The maximum atomic E-state index is 5.73. The summed E-state index contributed by atoms with van der Waals surface area (Å²) in [5.74, 6) is 1.82. The van der Waals surface area contributed by atoms with Crippen LogP contribution in [0.5, 0.6) is 0 Å². The van der Waals surface area contributed by atoms with Crippen molar-refractivity contribution in [2.45, 2.75) is 52.4 Å². The van der Waals surface area contributed by atoms with Crippen LogP contribution in [0.2, 0.25) is 0 Å². The second-order valence-electron chi connectivity index (χ2n) is 7.67. The summed E-state index contributed by atoms with van der Waals surface area (Å²) < 4.78 is 5.73. The lowest BCUT2D eigenvalue weighted by atomic mass is 10.1. The number of hydrogen-bond acceptors (Lipinski definition) is 4. The van der Waals surface area contributed by atoms with Gasteiger partial charge in [-0.3, -0.25) is 4.90 Å². The Balaban J connectivity index is 1.94. The Kier molecular flexibility index (Phi) is 5.12. The van der Waals surface area contributed by atoms with E-state index < -0.39 is 0 Å². The Morgan fingerprint density at radius 2 is 2.05 bits per heavy atom. The van der Waals surface area contributed by atoms with Crippen molar-refractivity contribution in [2.75, 3.05) is 27.2 Å². The zero-order valence-corrected chi connectivity index (χ0v) is 14.4. The van der Waals surface area contributed by atoms with Gasteiger partial charge in [-0.25, -0.2) is 0 Å². The van der Waals surface area contributed by atoms with Gasteiger partial charge in [0.05, 0.1) is 12.8 Å². The topological polar surface area (TPSA) is 31.7 Å². The average Bonchev–Trinajstić information content (AvgIpc) is 2.93. The van der Waals surface area contributed by atoms with Gasteiger partial charge >= 0.3 is 0 Å². The standard InChI is InChI=1S/C17H31N3O/c1-13-10-20(11-15(13)19(5)6)12-16-14(7-8-21-16)9-18-17(2,3)4/h7-8,13,15,18H,9-12H2,1-6H3. The fourth-order valence-electron chi connectivity index (χ4n) is 3.08. The molecule has 0 bridgehead atoms. The highest BCUT2D eigenvalue weighted by Gasteiger charge is 2.31. The highest BCUT2D eigenvalue weighted by molar-refractivity contribution is 5.17. The molecule has 1 aromatic heterocycles. The van der Waals surface area contributed by atoms with Gasteiger partial charge in [0.2, 0.25) is 0 Å². The van der Waals surface area contributed by atoms with Gasteiger partial charge in [-0.05, 0) is 46.9 Å². The lowest BCUT2D eigenvalue weighted by Crippen LogP contribution is -2.35. The smallest absolute Gasteiger partial charge is 0.122 e. The monoisotopic (exact) mass is 293 g/mol. The molecule has 2 atom stereocenters. The van der Waals surface area contributed by atoms with Crippen molar-refractivity contribution in [3.8, 4) is 0 Å². The summed E-state index contributed by atoms with van der Waals surface area (Å²) in [7, 11) is 4.35. The molecule has 1 N–H and O–H groups in total. The highest BCUT2D eigenvalue weighted by atomic mass is 16.3. The van der Waals surface area contributed by atoms with Crippen LogP contribution in [-0.2, 0) is 13.1 Å². The fraction of sp³-hybridized carbons (Fsp3) is 0.765. The molecule has 2 heterocycles. The summed E-state index contributed by atoms with van der Waals surface area (Å²) in [6, 6.07) is 2.74. The van der Waals surface area contributed by atoms with Crippen LogP contribution in [0.1, 0.15) is 39.0 Å². The van der Waals surface area contributed by atoms with Gasteiger partial charge in [0.25, 0.3) is 0 Å². The first-order valence-electron chi connectivity index (χ1n) is 7.95. The molecule has 4 nitrogen and oxygen atoms in total. The third-order valence-electron chi connectivity index (χ3n) is 4.33. The highest BCUT2D eigenvalue weighted by Crippen LogP contribution is 2.23. The van der Waals surface area contributed by atoms with Crippen molar-refractivity contribution < 1.29 is 4.42 Å². The van der Waals surface area contributed by atoms with Gasteiger partial charge in [-0.2, -0.15) is 0 Å². The predicted octanol–water partition coefficient (Wildman–Crippen LogP) is 2.55. The zero-order valence-electron chi connectivity index (χ0n) is 14.4. The zero-order chi connectivity index (χ0) is 15.6. The Bertz CT molecular complexity index is 447. The van der Waals surface area contributed by atoms with Crippen molar-refractivity contribution in [3.63, 3.8) is 0 Å². The van der Waals surface area contributed by atoms with E-state index in [9.17, 15) is 0 Å². The van der Waals surface area contributed by atoms with E-state index in [0.717, 1.165) is 31.9 Å². The molecule has 1 saturated heterocycles. The van der Waals surface area contributed by atoms with Crippen LogP contribution in [0.25, 0.3) is 0 Å². The Morgan fingerprint density at radius 1 is 1.33 bits per heavy atom. The molecule has 0 aliphatic carbocycles. The first-order chi connectivity index (χ1) is 9.76. The Hall–Kier alpha value is -0.840. The van der Waals surface area contributed by atoms with E-state index in [1.54, 1.807) is 0 Å². The Morgan fingerprint density at radius 3 is 2.62 bits per heavy atom. The molecule has 4 heteroatoms.